The summed E-state index contributed by atoms with van der Waals surface area (Å²) in [4.78, 5) is 27.0. The Labute approximate surface area is 143 Å². The number of amides is 2. The van der Waals surface area contributed by atoms with Gasteiger partial charge in [0.05, 0.1) is 6.04 Å². The van der Waals surface area contributed by atoms with Crippen LogP contribution in [0.5, 0.6) is 0 Å². The quantitative estimate of drug-likeness (QED) is 0.906. The van der Waals surface area contributed by atoms with Crippen molar-refractivity contribution >= 4 is 12.0 Å². The van der Waals surface area contributed by atoms with Crippen molar-refractivity contribution in [2.45, 2.75) is 64.1 Å². The number of carbonyl (C=O) groups is 2. The molecule has 1 aliphatic carbocycles. The maximum Gasteiger partial charge on any atom is 0.408 e. The van der Waals surface area contributed by atoms with E-state index >= 15 is 0 Å². The molecule has 3 rings (SSSR count). The third-order valence-corrected chi connectivity index (χ3v) is 4.84. The van der Waals surface area contributed by atoms with Gasteiger partial charge in [0.25, 0.3) is 0 Å². The van der Waals surface area contributed by atoms with Gasteiger partial charge >= 0.3 is 6.09 Å². The molecule has 130 valence electrons. The van der Waals surface area contributed by atoms with E-state index in [9.17, 15) is 9.59 Å². The highest BCUT2D eigenvalue weighted by Gasteiger charge is 2.47. The normalized spacial score (nSPS) is 26.4. The summed E-state index contributed by atoms with van der Waals surface area (Å²) in [5.74, 6) is -0.0185. The summed E-state index contributed by atoms with van der Waals surface area (Å²) >= 11 is 0. The van der Waals surface area contributed by atoms with E-state index in [-0.39, 0.29) is 11.9 Å². The first-order chi connectivity index (χ1) is 11.2. The molecule has 0 saturated carbocycles. The molecule has 0 spiro atoms. The molecule has 1 saturated heterocycles. The standard InChI is InChI=1S/C19H26N2O3/c1-18(2,3)24-17(23)20-19(4)11-12-21(16(19)22)15-10-9-13-7-5-6-8-14(13)15/h5-8,15H,9-12H2,1-4H3,(H,20,23)/t15?,19-/m1/s1. The van der Waals surface area contributed by atoms with Crippen LogP contribution < -0.4 is 5.32 Å². The number of hydrogen-bond donors (Lipinski definition) is 1. The summed E-state index contributed by atoms with van der Waals surface area (Å²) in [6.45, 7) is 7.89. The minimum absolute atomic E-state index is 0.0185. The van der Waals surface area contributed by atoms with Crippen molar-refractivity contribution in [3.8, 4) is 0 Å². The van der Waals surface area contributed by atoms with Gasteiger partial charge in [-0.2, -0.15) is 0 Å². The van der Waals surface area contributed by atoms with Gasteiger partial charge in [-0.05, 0) is 58.1 Å². The SMILES string of the molecule is CC(C)(C)OC(=O)N[C@]1(C)CCN(C2CCc3ccccc32)C1=O. The van der Waals surface area contributed by atoms with E-state index in [1.54, 1.807) is 6.92 Å². The predicted molar refractivity (Wildman–Crippen MR) is 91.6 cm³/mol. The molecule has 0 bridgehead atoms. The summed E-state index contributed by atoms with van der Waals surface area (Å²) in [6.07, 6.45) is 2.02. The Morgan fingerprint density at radius 3 is 2.75 bits per heavy atom. The maximum atomic E-state index is 13.0. The van der Waals surface area contributed by atoms with Crippen molar-refractivity contribution in [3.63, 3.8) is 0 Å². The molecule has 1 aromatic rings. The molecular formula is C19H26N2O3. The molecule has 1 heterocycles. The molecule has 2 amide bonds. The molecule has 1 aliphatic heterocycles. The van der Waals surface area contributed by atoms with E-state index in [1.807, 2.05) is 37.8 Å². The van der Waals surface area contributed by atoms with Gasteiger partial charge in [-0.3, -0.25) is 4.79 Å². The second-order valence-electron chi connectivity index (χ2n) is 7.96. The third kappa shape index (κ3) is 3.12. The molecule has 1 N–H and O–H groups in total. The van der Waals surface area contributed by atoms with Crippen molar-refractivity contribution in [2.24, 2.45) is 0 Å². The van der Waals surface area contributed by atoms with Crippen LogP contribution in [0.2, 0.25) is 0 Å². The molecule has 2 aliphatic rings. The minimum atomic E-state index is -0.889. The van der Waals surface area contributed by atoms with Gasteiger partial charge in [0.1, 0.15) is 11.1 Å². The van der Waals surface area contributed by atoms with E-state index in [4.69, 9.17) is 4.74 Å². The largest absolute Gasteiger partial charge is 0.444 e. The molecule has 24 heavy (non-hydrogen) atoms. The van der Waals surface area contributed by atoms with Crippen LogP contribution in [0.1, 0.15) is 57.7 Å². The van der Waals surface area contributed by atoms with Gasteiger partial charge in [0.15, 0.2) is 0 Å². The second kappa shape index (κ2) is 5.80. The number of alkyl carbamates (subject to hydrolysis) is 1. The van der Waals surface area contributed by atoms with Crippen molar-refractivity contribution in [3.05, 3.63) is 35.4 Å². The lowest BCUT2D eigenvalue weighted by molar-refractivity contribution is -0.134. The van der Waals surface area contributed by atoms with Crippen LogP contribution in [0.3, 0.4) is 0 Å². The molecular weight excluding hydrogens is 304 g/mol. The van der Waals surface area contributed by atoms with Crippen LogP contribution in [0, 0.1) is 0 Å². The average Bonchev–Trinajstić information content (AvgIpc) is 3.00. The van der Waals surface area contributed by atoms with Crippen LogP contribution in [0.4, 0.5) is 4.79 Å². The number of benzene rings is 1. The number of likely N-dealkylation sites (tertiary alicyclic amines) is 1. The fourth-order valence-corrected chi connectivity index (χ4v) is 3.67. The average molecular weight is 330 g/mol. The fourth-order valence-electron chi connectivity index (χ4n) is 3.67. The summed E-state index contributed by atoms with van der Waals surface area (Å²) < 4.78 is 5.31. The lowest BCUT2D eigenvalue weighted by Crippen LogP contribution is -2.53. The molecule has 0 aromatic heterocycles. The number of hydrogen-bond acceptors (Lipinski definition) is 3. The third-order valence-electron chi connectivity index (χ3n) is 4.84. The lowest BCUT2D eigenvalue weighted by Gasteiger charge is -2.29. The Balaban J connectivity index is 1.72. The van der Waals surface area contributed by atoms with E-state index in [1.165, 1.54) is 11.1 Å². The molecule has 2 atom stereocenters. The highest BCUT2D eigenvalue weighted by molar-refractivity contribution is 5.92. The van der Waals surface area contributed by atoms with Gasteiger partial charge < -0.3 is 15.0 Å². The fraction of sp³-hybridized carbons (Fsp3) is 0.579. The van der Waals surface area contributed by atoms with E-state index < -0.39 is 17.2 Å². The summed E-state index contributed by atoms with van der Waals surface area (Å²) in [5.41, 5.74) is 1.10. The number of aryl methyl sites for hydroxylation is 1. The molecule has 1 unspecified atom stereocenters. The Hall–Kier alpha value is -2.04. The first-order valence-electron chi connectivity index (χ1n) is 8.60. The zero-order valence-electron chi connectivity index (χ0n) is 14.9. The Bertz CT molecular complexity index is 665. The maximum absolute atomic E-state index is 13.0. The Kier molecular flexibility index (Phi) is 4.06. The summed E-state index contributed by atoms with van der Waals surface area (Å²) in [5, 5.41) is 2.79. The molecule has 1 fully saturated rings. The number of fused-ring (bicyclic) bond motifs is 1. The predicted octanol–water partition coefficient (Wildman–Crippen LogP) is 3.19. The summed E-state index contributed by atoms with van der Waals surface area (Å²) in [7, 11) is 0. The molecule has 0 radical (unpaired) electrons. The van der Waals surface area contributed by atoms with E-state index in [2.05, 4.69) is 17.4 Å². The van der Waals surface area contributed by atoms with Crippen molar-refractivity contribution in [1.82, 2.24) is 10.2 Å². The van der Waals surface area contributed by atoms with Crippen LogP contribution >= 0.6 is 0 Å². The first kappa shape index (κ1) is 16.8. The Morgan fingerprint density at radius 1 is 1.33 bits per heavy atom. The highest BCUT2D eigenvalue weighted by atomic mass is 16.6. The van der Waals surface area contributed by atoms with Crippen molar-refractivity contribution < 1.29 is 14.3 Å². The number of nitrogens with zero attached hydrogens (tertiary/aromatic N) is 1. The topological polar surface area (TPSA) is 58.6 Å². The second-order valence-corrected chi connectivity index (χ2v) is 7.96. The Morgan fingerprint density at radius 2 is 2.04 bits per heavy atom. The highest BCUT2D eigenvalue weighted by Crippen LogP contribution is 2.39. The van der Waals surface area contributed by atoms with Gasteiger partial charge in [-0.15, -0.1) is 0 Å². The number of carbonyl (C=O) groups excluding carboxylic acids is 2. The van der Waals surface area contributed by atoms with Crippen molar-refractivity contribution in [1.29, 1.82) is 0 Å². The minimum Gasteiger partial charge on any atom is -0.444 e. The zero-order valence-corrected chi connectivity index (χ0v) is 14.9. The number of rotatable bonds is 2. The number of ether oxygens (including phenoxy) is 1. The molecule has 5 nitrogen and oxygen atoms in total. The lowest BCUT2D eigenvalue weighted by atomic mass is 10.0. The van der Waals surface area contributed by atoms with Crippen LogP contribution in [0.15, 0.2) is 24.3 Å². The smallest absolute Gasteiger partial charge is 0.408 e. The van der Waals surface area contributed by atoms with E-state index in [0.717, 1.165) is 12.8 Å². The number of nitrogens with one attached hydrogen (secondary N) is 1. The monoisotopic (exact) mass is 330 g/mol. The van der Waals surface area contributed by atoms with Crippen LogP contribution in [0.25, 0.3) is 0 Å². The van der Waals surface area contributed by atoms with Gasteiger partial charge in [-0.1, -0.05) is 24.3 Å². The van der Waals surface area contributed by atoms with Crippen LogP contribution in [-0.4, -0.2) is 34.6 Å². The van der Waals surface area contributed by atoms with Gasteiger partial charge in [-0.25, -0.2) is 4.79 Å². The van der Waals surface area contributed by atoms with Gasteiger partial charge in [0.2, 0.25) is 5.91 Å². The zero-order chi connectivity index (χ0) is 17.5. The first-order valence-corrected chi connectivity index (χ1v) is 8.60. The molecule has 1 aromatic carbocycles. The van der Waals surface area contributed by atoms with Crippen molar-refractivity contribution in [2.75, 3.05) is 6.54 Å². The molecule has 5 heteroatoms. The summed E-state index contributed by atoms with van der Waals surface area (Å²) in [6, 6.07) is 8.43. The van der Waals surface area contributed by atoms with E-state index in [0.29, 0.717) is 13.0 Å². The van der Waals surface area contributed by atoms with Crippen LogP contribution in [-0.2, 0) is 16.0 Å². The van der Waals surface area contributed by atoms with Gasteiger partial charge in [0, 0.05) is 6.54 Å².